The van der Waals surface area contributed by atoms with Crippen LogP contribution in [0.1, 0.15) is 29.2 Å². The first-order valence-electron chi connectivity index (χ1n) is 9.31. The summed E-state index contributed by atoms with van der Waals surface area (Å²) in [7, 11) is 1.62. The Kier molecular flexibility index (Phi) is 6.59. The lowest BCUT2D eigenvalue weighted by atomic mass is 10.1. The average Bonchev–Trinajstić information content (AvgIpc) is 3.19. The normalized spacial score (nSPS) is 11.3. The fourth-order valence-electron chi connectivity index (χ4n) is 3.06. The standard InChI is InChI=1S/C21H25N3O3S/c1-15(2)13-24-20(25)18-9-5-4-8-17(18)19(22-24)21(26)23(10-11-27-3)14-16-7-6-12-28-16/h4-9,12,15H,10-11,13-14H2,1-3H3. The van der Waals surface area contributed by atoms with Gasteiger partial charge in [-0.05, 0) is 23.4 Å². The molecule has 0 atom stereocenters. The number of methoxy groups -OCH3 is 1. The van der Waals surface area contributed by atoms with E-state index in [2.05, 4.69) is 5.10 Å². The number of amides is 1. The summed E-state index contributed by atoms with van der Waals surface area (Å²) in [6.45, 7) is 5.87. The van der Waals surface area contributed by atoms with E-state index in [0.717, 1.165) is 4.88 Å². The molecule has 3 aromatic rings. The molecule has 0 fully saturated rings. The van der Waals surface area contributed by atoms with Gasteiger partial charge in [0.15, 0.2) is 5.69 Å². The molecule has 3 rings (SSSR count). The number of aromatic nitrogens is 2. The summed E-state index contributed by atoms with van der Waals surface area (Å²) < 4.78 is 6.61. The Labute approximate surface area is 168 Å². The van der Waals surface area contributed by atoms with Gasteiger partial charge in [-0.15, -0.1) is 11.3 Å². The highest BCUT2D eigenvalue weighted by molar-refractivity contribution is 7.09. The summed E-state index contributed by atoms with van der Waals surface area (Å²) in [4.78, 5) is 29.0. The van der Waals surface area contributed by atoms with Crippen LogP contribution >= 0.6 is 11.3 Å². The number of carbonyl (C=O) groups excluding carboxylic acids is 1. The third kappa shape index (κ3) is 4.48. The van der Waals surface area contributed by atoms with E-state index in [1.165, 1.54) is 4.68 Å². The van der Waals surface area contributed by atoms with Gasteiger partial charge in [0.25, 0.3) is 11.5 Å². The van der Waals surface area contributed by atoms with Crippen molar-refractivity contribution in [2.24, 2.45) is 5.92 Å². The maximum atomic E-state index is 13.4. The second-order valence-electron chi connectivity index (χ2n) is 7.07. The first kappa shape index (κ1) is 20.2. The zero-order valence-electron chi connectivity index (χ0n) is 16.4. The first-order valence-corrected chi connectivity index (χ1v) is 10.2. The number of carbonyl (C=O) groups is 1. The molecular weight excluding hydrogens is 374 g/mol. The van der Waals surface area contributed by atoms with Gasteiger partial charge in [0.1, 0.15) is 0 Å². The van der Waals surface area contributed by atoms with Gasteiger partial charge in [0, 0.05) is 30.5 Å². The molecule has 28 heavy (non-hydrogen) atoms. The van der Waals surface area contributed by atoms with Crippen molar-refractivity contribution in [2.75, 3.05) is 20.3 Å². The van der Waals surface area contributed by atoms with Crippen LogP contribution in [0.3, 0.4) is 0 Å². The zero-order valence-corrected chi connectivity index (χ0v) is 17.2. The molecule has 0 saturated carbocycles. The van der Waals surface area contributed by atoms with Crippen molar-refractivity contribution in [3.05, 3.63) is 62.7 Å². The summed E-state index contributed by atoms with van der Waals surface area (Å²) in [6.07, 6.45) is 0. The Bertz CT molecular complexity index is 996. The Hall–Kier alpha value is -2.51. The highest BCUT2D eigenvalue weighted by Crippen LogP contribution is 2.18. The van der Waals surface area contributed by atoms with E-state index in [1.807, 2.05) is 43.5 Å². The van der Waals surface area contributed by atoms with Gasteiger partial charge in [-0.2, -0.15) is 5.10 Å². The van der Waals surface area contributed by atoms with Crippen LogP contribution in [-0.2, 0) is 17.8 Å². The molecule has 0 aliphatic heterocycles. The Morgan fingerprint density at radius 1 is 1.21 bits per heavy atom. The van der Waals surface area contributed by atoms with E-state index < -0.39 is 0 Å². The molecule has 2 aromatic heterocycles. The minimum Gasteiger partial charge on any atom is -0.383 e. The van der Waals surface area contributed by atoms with Gasteiger partial charge in [-0.3, -0.25) is 9.59 Å². The first-order chi connectivity index (χ1) is 13.5. The quantitative estimate of drug-likeness (QED) is 0.582. The average molecular weight is 400 g/mol. The molecule has 0 aliphatic rings. The molecule has 0 N–H and O–H groups in total. The van der Waals surface area contributed by atoms with Crippen LogP contribution in [0.5, 0.6) is 0 Å². The smallest absolute Gasteiger partial charge is 0.275 e. The van der Waals surface area contributed by atoms with Gasteiger partial charge in [0.05, 0.1) is 18.5 Å². The predicted molar refractivity (Wildman–Crippen MR) is 112 cm³/mol. The fourth-order valence-corrected chi connectivity index (χ4v) is 3.78. The Morgan fingerprint density at radius 2 is 1.96 bits per heavy atom. The maximum Gasteiger partial charge on any atom is 0.275 e. The van der Waals surface area contributed by atoms with Gasteiger partial charge >= 0.3 is 0 Å². The molecule has 7 heteroatoms. The van der Waals surface area contributed by atoms with Crippen LogP contribution < -0.4 is 5.56 Å². The van der Waals surface area contributed by atoms with E-state index in [1.54, 1.807) is 35.5 Å². The number of fused-ring (bicyclic) bond motifs is 1. The third-order valence-corrected chi connectivity index (χ3v) is 5.25. The highest BCUT2D eigenvalue weighted by Gasteiger charge is 2.23. The minimum absolute atomic E-state index is 0.164. The van der Waals surface area contributed by atoms with Crippen LogP contribution in [0.2, 0.25) is 0 Å². The predicted octanol–water partition coefficient (Wildman–Crippen LogP) is 3.40. The van der Waals surface area contributed by atoms with Gasteiger partial charge in [0.2, 0.25) is 0 Å². The van der Waals surface area contributed by atoms with Gasteiger partial charge in [-0.1, -0.05) is 38.1 Å². The van der Waals surface area contributed by atoms with E-state index in [9.17, 15) is 9.59 Å². The molecule has 0 spiro atoms. The van der Waals surface area contributed by atoms with E-state index in [-0.39, 0.29) is 17.4 Å². The number of ether oxygens (including phenoxy) is 1. The van der Waals surface area contributed by atoms with Crippen molar-refractivity contribution >= 4 is 28.0 Å². The molecule has 2 heterocycles. The second-order valence-corrected chi connectivity index (χ2v) is 8.11. The van der Waals surface area contributed by atoms with Crippen LogP contribution in [0.4, 0.5) is 0 Å². The highest BCUT2D eigenvalue weighted by atomic mass is 32.1. The third-order valence-electron chi connectivity index (χ3n) is 4.39. The van der Waals surface area contributed by atoms with Crippen molar-refractivity contribution in [1.82, 2.24) is 14.7 Å². The lowest BCUT2D eigenvalue weighted by Gasteiger charge is -2.22. The molecule has 1 aromatic carbocycles. The largest absolute Gasteiger partial charge is 0.383 e. The molecule has 0 radical (unpaired) electrons. The Morgan fingerprint density at radius 3 is 2.61 bits per heavy atom. The molecule has 0 saturated heterocycles. The van der Waals surface area contributed by atoms with Crippen LogP contribution in [-0.4, -0.2) is 40.8 Å². The van der Waals surface area contributed by atoms with Gasteiger partial charge in [-0.25, -0.2) is 4.68 Å². The molecule has 1 amide bonds. The lowest BCUT2D eigenvalue weighted by molar-refractivity contribution is 0.0676. The molecule has 0 unspecified atom stereocenters. The summed E-state index contributed by atoms with van der Waals surface area (Å²) in [5.41, 5.74) is 0.144. The number of hydrogen-bond acceptors (Lipinski definition) is 5. The fraction of sp³-hybridized carbons (Fsp3) is 0.381. The van der Waals surface area contributed by atoms with Crippen molar-refractivity contribution in [2.45, 2.75) is 26.9 Å². The maximum absolute atomic E-state index is 13.4. The second kappa shape index (κ2) is 9.12. The number of rotatable bonds is 8. The molecule has 148 valence electrons. The topological polar surface area (TPSA) is 64.4 Å². The number of thiophene rings is 1. The van der Waals surface area contributed by atoms with Gasteiger partial charge < -0.3 is 9.64 Å². The van der Waals surface area contributed by atoms with E-state index in [4.69, 9.17) is 4.74 Å². The molecule has 0 bridgehead atoms. The summed E-state index contributed by atoms with van der Waals surface area (Å²) in [6, 6.07) is 11.2. The van der Waals surface area contributed by atoms with Crippen LogP contribution in [0.25, 0.3) is 10.8 Å². The van der Waals surface area contributed by atoms with E-state index >= 15 is 0 Å². The number of hydrogen-bond donors (Lipinski definition) is 0. The number of nitrogens with zero attached hydrogens (tertiary/aromatic N) is 3. The zero-order chi connectivity index (χ0) is 20.1. The summed E-state index contributed by atoms with van der Waals surface area (Å²) in [5.74, 6) is 0.0455. The molecule has 6 nitrogen and oxygen atoms in total. The Balaban J connectivity index is 2.06. The van der Waals surface area contributed by atoms with Crippen molar-refractivity contribution in [3.8, 4) is 0 Å². The summed E-state index contributed by atoms with van der Waals surface area (Å²) >= 11 is 1.60. The van der Waals surface area contributed by atoms with E-state index in [0.29, 0.717) is 42.7 Å². The summed E-state index contributed by atoms with van der Waals surface area (Å²) in [5, 5.41) is 7.57. The SMILES string of the molecule is COCCN(Cc1cccs1)C(=O)c1nn(CC(C)C)c(=O)c2ccccc12. The molecular formula is C21H25N3O3S. The molecule has 0 aliphatic carbocycles. The van der Waals surface area contributed by atoms with Crippen molar-refractivity contribution < 1.29 is 9.53 Å². The number of benzene rings is 1. The van der Waals surface area contributed by atoms with Crippen LogP contribution in [0, 0.1) is 5.92 Å². The van der Waals surface area contributed by atoms with Crippen LogP contribution in [0.15, 0.2) is 46.6 Å². The van der Waals surface area contributed by atoms with Crippen molar-refractivity contribution in [1.29, 1.82) is 0 Å². The minimum atomic E-state index is -0.195. The van der Waals surface area contributed by atoms with Crippen molar-refractivity contribution in [3.63, 3.8) is 0 Å². The monoisotopic (exact) mass is 399 g/mol. The lowest BCUT2D eigenvalue weighted by Crippen LogP contribution is -2.36.